The van der Waals surface area contributed by atoms with E-state index in [9.17, 15) is 9.65 Å². The Hall–Kier alpha value is -2.18. The molecule has 2 nitrogen and oxygen atoms in total. The summed E-state index contributed by atoms with van der Waals surface area (Å²) in [4.78, 5) is 2.34. The molecule has 2 aromatic carbocycles. The summed E-state index contributed by atoms with van der Waals surface area (Å²) in [5, 5.41) is 9.97. The molecule has 0 N–H and O–H groups in total. The van der Waals surface area contributed by atoms with Crippen molar-refractivity contribution < 1.29 is 4.39 Å². The lowest BCUT2D eigenvalue weighted by atomic mass is 9.74. The van der Waals surface area contributed by atoms with Crippen LogP contribution in [0.25, 0.3) is 0 Å². The first-order valence-electron chi connectivity index (χ1n) is 9.54. The second-order valence-corrected chi connectivity index (χ2v) is 7.51. The maximum Gasteiger partial charge on any atom is 0.123 e. The lowest BCUT2D eigenvalue weighted by molar-refractivity contribution is 0.308. The topological polar surface area (TPSA) is 27.0 Å². The van der Waals surface area contributed by atoms with Crippen molar-refractivity contribution in [3.8, 4) is 6.07 Å². The average molecular weight is 350 g/mol. The van der Waals surface area contributed by atoms with Gasteiger partial charge in [-0.3, -0.25) is 0 Å². The molecule has 1 aliphatic carbocycles. The van der Waals surface area contributed by atoms with E-state index in [1.54, 1.807) is 12.1 Å². The third-order valence-electron chi connectivity index (χ3n) is 5.57. The number of rotatable bonds is 9. The summed E-state index contributed by atoms with van der Waals surface area (Å²) in [6.45, 7) is 1.99. The van der Waals surface area contributed by atoms with Gasteiger partial charge >= 0.3 is 0 Å². The molecule has 136 valence electrons. The van der Waals surface area contributed by atoms with Crippen LogP contribution >= 0.6 is 0 Å². The zero-order valence-electron chi connectivity index (χ0n) is 15.5. The molecule has 1 aliphatic rings. The predicted molar refractivity (Wildman–Crippen MR) is 103 cm³/mol. The van der Waals surface area contributed by atoms with Crippen LogP contribution in [0, 0.1) is 23.1 Å². The van der Waals surface area contributed by atoms with E-state index in [1.165, 1.54) is 17.7 Å². The van der Waals surface area contributed by atoms with Crippen LogP contribution in [0.5, 0.6) is 0 Å². The number of likely N-dealkylation sites (N-methyl/N-ethyl adjacent to an activating group) is 1. The highest BCUT2D eigenvalue weighted by atomic mass is 19.1. The molecule has 0 heterocycles. The van der Waals surface area contributed by atoms with Gasteiger partial charge in [0.25, 0.3) is 0 Å². The third kappa shape index (κ3) is 4.51. The fraction of sp³-hybridized carbons (Fsp3) is 0.435. The average Bonchev–Trinajstić information content (AvgIpc) is 3.51. The fourth-order valence-electron chi connectivity index (χ4n) is 3.82. The Kier molecular flexibility index (Phi) is 6.06. The Balaban J connectivity index is 1.55. The van der Waals surface area contributed by atoms with E-state index in [0.717, 1.165) is 50.8 Å². The number of nitrogens with zero attached hydrogens (tertiary/aromatic N) is 2. The Morgan fingerprint density at radius 3 is 2.38 bits per heavy atom. The molecule has 0 aliphatic heterocycles. The lowest BCUT2D eigenvalue weighted by Gasteiger charge is -2.28. The first kappa shape index (κ1) is 18.6. The van der Waals surface area contributed by atoms with Gasteiger partial charge in [-0.25, -0.2) is 4.39 Å². The van der Waals surface area contributed by atoms with Crippen molar-refractivity contribution in [3.05, 3.63) is 71.5 Å². The maximum absolute atomic E-state index is 13.3. The molecule has 1 saturated carbocycles. The fourth-order valence-corrected chi connectivity index (χ4v) is 3.82. The third-order valence-corrected chi connectivity index (χ3v) is 5.57. The van der Waals surface area contributed by atoms with Gasteiger partial charge < -0.3 is 4.90 Å². The molecule has 0 saturated heterocycles. The highest BCUT2D eigenvalue weighted by Gasteiger charge is 2.46. The van der Waals surface area contributed by atoms with E-state index in [2.05, 4.69) is 42.3 Å². The molecule has 3 rings (SSSR count). The second kappa shape index (κ2) is 8.47. The van der Waals surface area contributed by atoms with Crippen LogP contribution in [0.3, 0.4) is 0 Å². The first-order chi connectivity index (χ1) is 12.6. The van der Waals surface area contributed by atoms with E-state index in [-0.39, 0.29) is 5.82 Å². The Bertz CT molecular complexity index is 731. The van der Waals surface area contributed by atoms with E-state index in [4.69, 9.17) is 0 Å². The lowest BCUT2D eigenvalue weighted by Crippen LogP contribution is -2.30. The van der Waals surface area contributed by atoms with Gasteiger partial charge in [0, 0.05) is 6.54 Å². The van der Waals surface area contributed by atoms with Crippen LogP contribution < -0.4 is 0 Å². The molecular formula is C23H27FN2. The quantitative estimate of drug-likeness (QED) is 0.640. The predicted octanol–water partition coefficient (Wildman–Crippen LogP) is 4.95. The maximum atomic E-state index is 13.3. The monoisotopic (exact) mass is 350 g/mol. The molecule has 26 heavy (non-hydrogen) atoms. The number of hydrogen-bond donors (Lipinski definition) is 0. The number of halogens is 1. The molecule has 0 radical (unpaired) electrons. The van der Waals surface area contributed by atoms with Crippen molar-refractivity contribution in [1.82, 2.24) is 4.90 Å². The van der Waals surface area contributed by atoms with Gasteiger partial charge in [0.2, 0.25) is 0 Å². The van der Waals surface area contributed by atoms with Gasteiger partial charge in [0.05, 0.1) is 11.5 Å². The molecule has 1 unspecified atom stereocenters. The zero-order chi connectivity index (χ0) is 18.4. The molecule has 1 fully saturated rings. The van der Waals surface area contributed by atoms with E-state index in [1.807, 2.05) is 6.07 Å². The van der Waals surface area contributed by atoms with Crippen molar-refractivity contribution in [2.24, 2.45) is 5.92 Å². The van der Waals surface area contributed by atoms with Gasteiger partial charge in [0.1, 0.15) is 5.82 Å². The smallest absolute Gasteiger partial charge is 0.123 e. The number of nitriles is 1. The minimum atomic E-state index is -0.450. The van der Waals surface area contributed by atoms with E-state index in [0.29, 0.717) is 5.92 Å². The zero-order valence-corrected chi connectivity index (χ0v) is 15.5. The van der Waals surface area contributed by atoms with Crippen molar-refractivity contribution in [1.29, 1.82) is 5.26 Å². The number of hydrogen-bond acceptors (Lipinski definition) is 2. The number of benzene rings is 2. The highest BCUT2D eigenvalue weighted by molar-refractivity contribution is 5.35. The molecule has 0 aromatic heterocycles. The normalized spacial score (nSPS) is 16.2. The van der Waals surface area contributed by atoms with Crippen molar-refractivity contribution >= 4 is 0 Å². The van der Waals surface area contributed by atoms with Crippen LogP contribution in [0.15, 0.2) is 54.6 Å². The standard InChI is InChI=1S/C23H27FN2/c1-26(17-14-19-6-3-2-4-7-19)16-5-15-23(18-25,20-8-9-20)21-10-12-22(24)13-11-21/h2-4,6-7,10-13,20H,5,8-9,14-17H2,1H3. The summed E-state index contributed by atoms with van der Waals surface area (Å²) >= 11 is 0. The largest absolute Gasteiger partial charge is 0.306 e. The summed E-state index contributed by atoms with van der Waals surface area (Å²) < 4.78 is 13.3. The molecule has 2 aromatic rings. The molecule has 1 atom stereocenters. The molecule has 3 heteroatoms. The van der Waals surface area contributed by atoms with E-state index >= 15 is 0 Å². The SMILES string of the molecule is CN(CCCC(C#N)(c1ccc(F)cc1)C1CC1)CCc1ccccc1. The Labute approximate surface area is 156 Å². The van der Waals surface area contributed by atoms with Gasteiger partial charge in [-0.15, -0.1) is 0 Å². The highest BCUT2D eigenvalue weighted by Crippen LogP contribution is 2.49. The molecule has 0 spiro atoms. The molecule has 0 bridgehead atoms. The van der Waals surface area contributed by atoms with E-state index < -0.39 is 5.41 Å². The summed E-state index contributed by atoms with van der Waals surface area (Å²) in [5.74, 6) is 0.185. The van der Waals surface area contributed by atoms with Gasteiger partial charge in [-0.05, 0) is 74.9 Å². The second-order valence-electron chi connectivity index (χ2n) is 7.51. The van der Waals surface area contributed by atoms with Gasteiger partial charge in [-0.2, -0.15) is 5.26 Å². The molecular weight excluding hydrogens is 323 g/mol. The van der Waals surface area contributed by atoms with Crippen LogP contribution in [-0.2, 0) is 11.8 Å². The van der Waals surface area contributed by atoms with Crippen LogP contribution in [-0.4, -0.2) is 25.0 Å². The Morgan fingerprint density at radius 2 is 1.77 bits per heavy atom. The molecule has 0 amide bonds. The summed E-state index contributed by atoms with van der Waals surface area (Å²) in [7, 11) is 2.14. The van der Waals surface area contributed by atoms with Crippen LogP contribution in [0.4, 0.5) is 4.39 Å². The minimum Gasteiger partial charge on any atom is -0.306 e. The van der Waals surface area contributed by atoms with Gasteiger partial charge in [0.15, 0.2) is 0 Å². The van der Waals surface area contributed by atoms with Crippen LogP contribution in [0.2, 0.25) is 0 Å². The van der Waals surface area contributed by atoms with Crippen molar-refractivity contribution in [3.63, 3.8) is 0 Å². The summed E-state index contributed by atoms with van der Waals surface area (Å²) in [5.41, 5.74) is 1.89. The van der Waals surface area contributed by atoms with Crippen LogP contribution in [0.1, 0.15) is 36.8 Å². The summed E-state index contributed by atoms with van der Waals surface area (Å²) in [6.07, 6.45) is 5.08. The minimum absolute atomic E-state index is 0.239. The van der Waals surface area contributed by atoms with Crippen molar-refractivity contribution in [2.75, 3.05) is 20.1 Å². The van der Waals surface area contributed by atoms with Crippen molar-refractivity contribution in [2.45, 2.75) is 37.5 Å². The summed E-state index contributed by atoms with van der Waals surface area (Å²) in [6, 6.07) is 19.7. The first-order valence-corrected chi connectivity index (χ1v) is 9.54. The Morgan fingerprint density at radius 1 is 1.08 bits per heavy atom. The van der Waals surface area contributed by atoms with Gasteiger partial charge in [-0.1, -0.05) is 42.5 Å².